The van der Waals surface area contributed by atoms with Crippen LogP contribution in [0.2, 0.25) is 5.02 Å². The smallest absolute Gasteiger partial charge is 0.377 e. The normalized spacial score (nSPS) is 18.5. The molecular formula is C15H17ClN4O2. The summed E-state index contributed by atoms with van der Waals surface area (Å²) in [6, 6.07) is 8.26. The Hall–Kier alpha value is -1.92. The minimum Gasteiger partial charge on any atom is -0.463 e. The maximum absolute atomic E-state index is 11.4. The summed E-state index contributed by atoms with van der Waals surface area (Å²) in [5.74, 6) is -0.437. The Morgan fingerprint density at radius 2 is 2.36 bits per heavy atom. The lowest BCUT2D eigenvalue weighted by Crippen LogP contribution is -2.26. The number of rotatable bonds is 4. The maximum Gasteiger partial charge on any atom is 0.377 e. The van der Waals surface area contributed by atoms with Gasteiger partial charge in [-0.25, -0.2) is 14.5 Å². The van der Waals surface area contributed by atoms with Crippen LogP contribution in [-0.2, 0) is 11.4 Å². The predicted molar refractivity (Wildman–Crippen MR) is 81.5 cm³/mol. The third-order valence-corrected chi connectivity index (χ3v) is 4.06. The lowest BCUT2D eigenvalue weighted by molar-refractivity contribution is 0.0585. The molecule has 1 fully saturated rings. The fourth-order valence-corrected chi connectivity index (χ4v) is 3.02. The van der Waals surface area contributed by atoms with E-state index < -0.39 is 5.97 Å². The third kappa shape index (κ3) is 3.13. The van der Waals surface area contributed by atoms with Gasteiger partial charge in [0, 0.05) is 17.6 Å². The SMILES string of the molecule is COC(=O)c1ncn(CN2CCC[C@H]2c2cccc(Cl)c2)n1. The molecule has 0 unspecified atom stereocenters. The van der Waals surface area contributed by atoms with Crippen molar-refractivity contribution in [3.63, 3.8) is 0 Å². The number of likely N-dealkylation sites (tertiary alicyclic amines) is 1. The highest BCUT2D eigenvalue weighted by molar-refractivity contribution is 6.30. The summed E-state index contributed by atoms with van der Waals surface area (Å²) in [4.78, 5) is 17.7. The summed E-state index contributed by atoms with van der Waals surface area (Å²) < 4.78 is 6.28. The van der Waals surface area contributed by atoms with Gasteiger partial charge in [0.15, 0.2) is 0 Å². The summed E-state index contributed by atoms with van der Waals surface area (Å²) in [5.41, 5.74) is 1.21. The summed E-state index contributed by atoms with van der Waals surface area (Å²) in [5, 5.41) is 4.90. The van der Waals surface area contributed by atoms with Crippen molar-refractivity contribution in [2.75, 3.05) is 13.7 Å². The number of hydrogen-bond acceptors (Lipinski definition) is 5. The molecule has 0 amide bonds. The third-order valence-electron chi connectivity index (χ3n) is 3.83. The zero-order valence-corrected chi connectivity index (χ0v) is 13.0. The minimum atomic E-state index is -0.522. The molecule has 0 bridgehead atoms. The highest BCUT2D eigenvalue weighted by Crippen LogP contribution is 2.33. The van der Waals surface area contributed by atoms with E-state index in [1.54, 1.807) is 11.0 Å². The van der Waals surface area contributed by atoms with Gasteiger partial charge in [-0.05, 0) is 30.5 Å². The molecule has 1 aliphatic rings. The first-order chi connectivity index (χ1) is 10.7. The van der Waals surface area contributed by atoms with Crippen LogP contribution in [0, 0.1) is 0 Å². The molecule has 22 heavy (non-hydrogen) atoms. The summed E-state index contributed by atoms with van der Waals surface area (Å²) >= 11 is 6.09. The molecule has 0 spiro atoms. The molecule has 1 atom stereocenters. The number of methoxy groups -OCH3 is 1. The minimum absolute atomic E-state index is 0.0843. The van der Waals surface area contributed by atoms with Gasteiger partial charge in [-0.1, -0.05) is 23.7 Å². The van der Waals surface area contributed by atoms with E-state index in [4.69, 9.17) is 11.6 Å². The Morgan fingerprint density at radius 3 is 3.14 bits per heavy atom. The van der Waals surface area contributed by atoms with E-state index in [-0.39, 0.29) is 5.82 Å². The van der Waals surface area contributed by atoms with Crippen molar-refractivity contribution < 1.29 is 9.53 Å². The molecule has 0 aliphatic carbocycles. The fourth-order valence-electron chi connectivity index (χ4n) is 2.82. The van der Waals surface area contributed by atoms with Crippen LogP contribution in [0.1, 0.15) is 35.1 Å². The summed E-state index contributed by atoms with van der Waals surface area (Å²) in [7, 11) is 1.32. The number of aromatic nitrogens is 3. The highest BCUT2D eigenvalue weighted by Gasteiger charge is 2.26. The molecular weight excluding hydrogens is 304 g/mol. The molecule has 116 valence electrons. The first-order valence-electron chi connectivity index (χ1n) is 7.14. The lowest BCUT2D eigenvalue weighted by Gasteiger charge is -2.24. The zero-order valence-electron chi connectivity index (χ0n) is 12.3. The first-order valence-corrected chi connectivity index (χ1v) is 7.52. The van der Waals surface area contributed by atoms with E-state index in [1.807, 2.05) is 18.2 Å². The number of hydrogen-bond donors (Lipinski definition) is 0. The van der Waals surface area contributed by atoms with Gasteiger partial charge in [0.05, 0.1) is 13.8 Å². The van der Waals surface area contributed by atoms with Crippen molar-refractivity contribution in [2.45, 2.75) is 25.6 Å². The van der Waals surface area contributed by atoms with E-state index in [9.17, 15) is 4.79 Å². The average molecular weight is 321 g/mol. The predicted octanol–water partition coefficient (Wildman–Crippen LogP) is 2.51. The Kier molecular flexibility index (Phi) is 4.40. The van der Waals surface area contributed by atoms with Crippen molar-refractivity contribution in [1.29, 1.82) is 0 Å². The van der Waals surface area contributed by atoms with Crippen LogP contribution in [0.25, 0.3) is 0 Å². The first kappa shape index (κ1) is 15.0. The van der Waals surface area contributed by atoms with Gasteiger partial charge in [0.2, 0.25) is 0 Å². The van der Waals surface area contributed by atoms with Gasteiger partial charge >= 0.3 is 5.97 Å². The van der Waals surface area contributed by atoms with Gasteiger partial charge in [0.25, 0.3) is 5.82 Å². The number of ether oxygens (including phenoxy) is 1. The van der Waals surface area contributed by atoms with Crippen LogP contribution in [-0.4, -0.2) is 39.3 Å². The molecule has 7 heteroatoms. The number of carbonyl (C=O) groups excluding carboxylic acids is 1. The number of halogens is 1. The van der Waals surface area contributed by atoms with Crippen LogP contribution >= 0.6 is 11.6 Å². The Labute approximate surface area is 133 Å². The molecule has 2 aromatic rings. The quantitative estimate of drug-likeness (QED) is 0.810. The second-order valence-corrected chi connectivity index (χ2v) is 5.70. The van der Waals surface area contributed by atoms with E-state index in [1.165, 1.54) is 12.7 Å². The van der Waals surface area contributed by atoms with Crippen molar-refractivity contribution >= 4 is 17.6 Å². The molecule has 0 radical (unpaired) electrons. The molecule has 0 saturated carbocycles. The monoisotopic (exact) mass is 320 g/mol. The molecule has 1 aromatic carbocycles. The van der Waals surface area contributed by atoms with Gasteiger partial charge in [-0.15, -0.1) is 5.10 Å². The molecule has 0 N–H and O–H groups in total. The van der Waals surface area contributed by atoms with Gasteiger partial charge < -0.3 is 4.74 Å². The van der Waals surface area contributed by atoms with Crippen LogP contribution in [0.3, 0.4) is 0 Å². The van der Waals surface area contributed by atoms with Gasteiger partial charge in [-0.3, -0.25) is 4.90 Å². The zero-order chi connectivity index (χ0) is 15.5. The topological polar surface area (TPSA) is 60.2 Å². The second-order valence-electron chi connectivity index (χ2n) is 5.27. The van der Waals surface area contributed by atoms with E-state index >= 15 is 0 Å². The summed E-state index contributed by atoms with van der Waals surface area (Å²) in [6.07, 6.45) is 3.76. The maximum atomic E-state index is 11.4. The lowest BCUT2D eigenvalue weighted by atomic mass is 10.1. The molecule has 2 heterocycles. The number of nitrogens with zero attached hydrogens (tertiary/aromatic N) is 4. The van der Waals surface area contributed by atoms with E-state index in [2.05, 4.69) is 25.8 Å². The average Bonchev–Trinajstić information content (AvgIpc) is 3.16. The largest absolute Gasteiger partial charge is 0.463 e. The standard InChI is InChI=1S/C15H17ClN4O2/c1-22-15(21)14-17-9-20(18-14)10-19-7-3-6-13(19)11-4-2-5-12(16)8-11/h2,4-5,8-9,13H,3,6-7,10H2,1H3/t13-/m0/s1. The second kappa shape index (κ2) is 6.46. The van der Waals surface area contributed by atoms with Crippen molar-refractivity contribution in [1.82, 2.24) is 19.7 Å². The summed E-state index contributed by atoms with van der Waals surface area (Å²) in [6.45, 7) is 1.56. The van der Waals surface area contributed by atoms with Crippen LogP contribution in [0.15, 0.2) is 30.6 Å². The van der Waals surface area contributed by atoms with Crippen molar-refractivity contribution in [3.05, 3.63) is 47.0 Å². The van der Waals surface area contributed by atoms with Gasteiger partial charge in [-0.2, -0.15) is 0 Å². The number of benzene rings is 1. The molecule has 1 aliphatic heterocycles. The van der Waals surface area contributed by atoms with Gasteiger partial charge in [0.1, 0.15) is 6.33 Å². The molecule has 6 nitrogen and oxygen atoms in total. The molecule has 1 saturated heterocycles. The van der Waals surface area contributed by atoms with Crippen LogP contribution in [0.5, 0.6) is 0 Å². The van der Waals surface area contributed by atoms with Crippen LogP contribution in [0.4, 0.5) is 0 Å². The van der Waals surface area contributed by atoms with Crippen LogP contribution < -0.4 is 0 Å². The highest BCUT2D eigenvalue weighted by atomic mass is 35.5. The Bertz CT molecular complexity index is 673. The fraction of sp³-hybridized carbons (Fsp3) is 0.400. The Balaban J connectivity index is 1.74. The number of esters is 1. The Morgan fingerprint density at radius 1 is 1.50 bits per heavy atom. The van der Waals surface area contributed by atoms with E-state index in [0.29, 0.717) is 12.7 Å². The van der Waals surface area contributed by atoms with Crippen molar-refractivity contribution in [3.8, 4) is 0 Å². The van der Waals surface area contributed by atoms with E-state index in [0.717, 1.165) is 24.4 Å². The van der Waals surface area contributed by atoms with Crippen molar-refractivity contribution in [2.24, 2.45) is 0 Å². The molecule has 3 rings (SSSR count). The number of carbonyl (C=O) groups is 1. The molecule has 1 aromatic heterocycles.